The van der Waals surface area contributed by atoms with E-state index < -0.39 is 0 Å². The van der Waals surface area contributed by atoms with E-state index in [9.17, 15) is 9.59 Å². The fourth-order valence-corrected chi connectivity index (χ4v) is 4.78. The van der Waals surface area contributed by atoms with E-state index in [0.717, 1.165) is 4.47 Å². The van der Waals surface area contributed by atoms with Gasteiger partial charge >= 0.3 is 0 Å². The summed E-state index contributed by atoms with van der Waals surface area (Å²) in [6.45, 7) is 6.80. The quantitative estimate of drug-likeness (QED) is 0.240. The summed E-state index contributed by atoms with van der Waals surface area (Å²) >= 11 is 10.9. The van der Waals surface area contributed by atoms with E-state index >= 15 is 0 Å². The van der Waals surface area contributed by atoms with Crippen molar-refractivity contribution in [2.75, 3.05) is 5.75 Å². The van der Waals surface area contributed by atoms with Crippen molar-refractivity contribution >= 4 is 51.0 Å². The molecule has 0 saturated heterocycles. The SMILES string of the molecule is CCn1c(SCC(=O)c2ccc(Br)cc2)nnc1[C@@H](CC(C)C)NC(=O)c1ccccc1Cl. The fourth-order valence-electron chi connectivity index (χ4n) is 3.39. The molecule has 33 heavy (non-hydrogen) atoms. The van der Waals surface area contributed by atoms with Gasteiger partial charge in [-0.25, -0.2) is 0 Å². The number of hydrogen-bond acceptors (Lipinski definition) is 5. The van der Waals surface area contributed by atoms with Crippen LogP contribution in [-0.2, 0) is 6.54 Å². The van der Waals surface area contributed by atoms with Crippen molar-refractivity contribution < 1.29 is 9.59 Å². The monoisotopic (exact) mass is 548 g/mol. The largest absolute Gasteiger partial charge is 0.342 e. The zero-order chi connectivity index (χ0) is 24.0. The minimum atomic E-state index is -0.335. The summed E-state index contributed by atoms with van der Waals surface area (Å²) in [5, 5.41) is 12.9. The second-order valence-electron chi connectivity index (χ2n) is 7.94. The van der Waals surface area contributed by atoms with Crippen LogP contribution in [0.4, 0.5) is 0 Å². The summed E-state index contributed by atoms with van der Waals surface area (Å²) in [4.78, 5) is 25.5. The van der Waals surface area contributed by atoms with Crippen molar-refractivity contribution in [2.45, 2.75) is 44.9 Å². The number of rotatable bonds is 10. The number of carbonyl (C=O) groups is 2. The van der Waals surface area contributed by atoms with Gasteiger partial charge in [0, 0.05) is 16.6 Å². The Morgan fingerprint density at radius 1 is 1.12 bits per heavy atom. The predicted molar refractivity (Wildman–Crippen MR) is 136 cm³/mol. The van der Waals surface area contributed by atoms with Gasteiger partial charge in [-0.3, -0.25) is 9.59 Å². The maximum atomic E-state index is 12.9. The van der Waals surface area contributed by atoms with E-state index in [4.69, 9.17) is 11.6 Å². The highest BCUT2D eigenvalue weighted by Gasteiger charge is 2.25. The van der Waals surface area contributed by atoms with Gasteiger partial charge in [-0.05, 0) is 43.5 Å². The van der Waals surface area contributed by atoms with Gasteiger partial charge in [0.05, 0.1) is 22.4 Å². The van der Waals surface area contributed by atoms with E-state index in [1.807, 2.05) is 23.6 Å². The van der Waals surface area contributed by atoms with Crippen LogP contribution in [0.3, 0.4) is 0 Å². The summed E-state index contributed by atoms with van der Waals surface area (Å²) in [6.07, 6.45) is 0.691. The lowest BCUT2D eigenvalue weighted by Crippen LogP contribution is -2.31. The first-order valence-electron chi connectivity index (χ1n) is 10.7. The van der Waals surface area contributed by atoms with Crippen molar-refractivity contribution in [2.24, 2.45) is 5.92 Å². The molecule has 1 N–H and O–H groups in total. The first kappa shape index (κ1) is 25.5. The number of ketones is 1. The van der Waals surface area contributed by atoms with Crippen LogP contribution in [0.25, 0.3) is 0 Å². The molecule has 0 bridgehead atoms. The number of aromatic nitrogens is 3. The van der Waals surface area contributed by atoms with E-state index in [1.165, 1.54) is 11.8 Å². The Labute approximate surface area is 211 Å². The molecule has 3 aromatic rings. The Bertz CT molecular complexity index is 1120. The number of amides is 1. The average molecular weight is 550 g/mol. The molecule has 0 aliphatic rings. The smallest absolute Gasteiger partial charge is 0.253 e. The summed E-state index contributed by atoms with van der Waals surface area (Å²) in [5.74, 6) is 1.01. The number of thioether (sulfide) groups is 1. The van der Waals surface area contributed by atoms with Gasteiger partial charge in [-0.15, -0.1) is 10.2 Å². The Morgan fingerprint density at radius 3 is 2.45 bits per heavy atom. The number of halogens is 2. The molecular formula is C24H26BrClN4O2S. The Hall–Kier alpha value is -2.16. The highest BCUT2D eigenvalue weighted by molar-refractivity contribution is 9.10. The molecular weight excluding hydrogens is 524 g/mol. The molecule has 0 spiro atoms. The lowest BCUT2D eigenvalue weighted by Gasteiger charge is -2.21. The third-order valence-electron chi connectivity index (χ3n) is 5.00. The normalized spacial score (nSPS) is 12.1. The molecule has 0 aliphatic carbocycles. The molecule has 0 aliphatic heterocycles. The molecule has 9 heteroatoms. The highest BCUT2D eigenvalue weighted by atomic mass is 79.9. The van der Waals surface area contributed by atoms with Gasteiger partial charge < -0.3 is 9.88 Å². The Balaban J connectivity index is 1.79. The molecule has 1 aromatic heterocycles. The molecule has 1 atom stereocenters. The zero-order valence-corrected chi connectivity index (χ0v) is 21.9. The number of nitrogens with one attached hydrogen (secondary N) is 1. The van der Waals surface area contributed by atoms with Gasteiger partial charge in [0.1, 0.15) is 0 Å². The van der Waals surface area contributed by atoms with Crippen molar-refractivity contribution in [3.63, 3.8) is 0 Å². The number of carbonyl (C=O) groups excluding carboxylic acids is 2. The van der Waals surface area contributed by atoms with Gasteiger partial charge in [0.15, 0.2) is 16.8 Å². The summed E-state index contributed by atoms with van der Waals surface area (Å²) < 4.78 is 2.89. The lowest BCUT2D eigenvalue weighted by atomic mass is 10.0. The predicted octanol–water partition coefficient (Wildman–Crippen LogP) is 6.21. The Morgan fingerprint density at radius 2 is 1.82 bits per heavy atom. The zero-order valence-electron chi connectivity index (χ0n) is 18.7. The number of nitrogens with zero attached hydrogens (tertiary/aromatic N) is 3. The van der Waals surface area contributed by atoms with Gasteiger partial charge in [0.25, 0.3) is 5.91 Å². The molecule has 1 amide bonds. The molecule has 6 nitrogen and oxygen atoms in total. The summed E-state index contributed by atoms with van der Waals surface area (Å²) in [5.41, 5.74) is 1.07. The molecule has 0 saturated carbocycles. The van der Waals surface area contributed by atoms with Crippen molar-refractivity contribution in [1.29, 1.82) is 0 Å². The lowest BCUT2D eigenvalue weighted by molar-refractivity contribution is 0.0928. The van der Waals surface area contributed by atoms with Gasteiger partial charge in [-0.1, -0.05) is 77.4 Å². The maximum Gasteiger partial charge on any atom is 0.253 e. The van der Waals surface area contributed by atoms with Crippen LogP contribution in [0.5, 0.6) is 0 Å². The van der Waals surface area contributed by atoms with Crippen LogP contribution in [0.15, 0.2) is 58.2 Å². The van der Waals surface area contributed by atoms with Crippen LogP contribution in [-0.4, -0.2) is 32.2 Å². The number of Topliss-reactive ketones (excluding diaryl/α,β-unsaturated/α-hetero) is 1. The van der Waals surface area contributed by atoms with E-state index in [0.29, 0.717) is 46.0 Å². The second-order valence-corrected chi connectivity index (χ2v) is 10.2. The van der Waals surface area contributed by atoms with Crippen LogP contribution in [0.1, 0.15) is 59.8 Å². The minimum absolute atomic E-state index is 0.0189. The third-order valence-corrected chi connectivity index (χ3v) is 6.83. The summed E-state index contributed by atoms with van der Waals surface area (Å²) in [6, 6.07) is 13.9. The van der Waals surface area contributed by atoms with Crippen molar-refractivity contribution in [3.05, 3.63) is 75.0 Å². The molecule has 174 valence electrons. The molecule has 0 unspecified atom stereocenters. The van der Waals surface area contributed by atoms with Crippen LogP contribution >= 0.6 is 39.3 Å². The standard InChI is InChI=1S/C24H26BrClN4O2S/c1-4-30-22(20(13-15(2)3)27-23(32)18-7-5-6-8-19(18)26)28-29-24(30)33-14-21(31)16-9-11-17(25)12-10-16/h5-12,15,20H,4,13-14H2,1-3H3,(H,27,32)/t20-/m1/s1. The first-order chi connectivity index (χ1) is 15.8. The van der Waals surface area contributed by atoms with Gasteiger partial charge in [-0.2, -0.15) is 0 Å². The van der Waals surface area contributed by atoms with Crippen LogP contribution < -0.4 is 5.32 Å². The van der Waals surface area contributed by atoms with E-state index in [1.54, 1.807) is 36.4 Å². The van der Waals surface area contributed by atoms with E-state index in [2.05, 4.69) is 45.3 Å². The number of benzene rings is 2. The average Bonchev–Trinajstić information content (AvgIpc) is 3.20. The first-order valence-corrected chi connectivity index (χ1v) is 12.9. The minimum Gasteiger partial charge on any atom is -0.342 e. The van der Waals surface area contributed by atoms with Crippen LogP contribution in [0.2, 0.25) is 5.02 Å². The molecule has 0 radical (unpaired) electrons. The topological polar surface area (TPSA) is 76.9 Å². The van der Waals surface area contributed by atoms with Crippen molar-refractivity contribution in [3.8, 4) is 0 Å². The second kappa shape index (κ2) is 11.8. The third kappa shape index (κ3) is 6.68. The molecule has 0 fully saturated rings. The van der Waals surface area contributed by atoms with E-state index in [-0.39, 0.29) is 23.5 Å². The summed E-state index contributed by atoms with van der Waals surface area (Å²) in [7, 11) is 0. The highest BCUT2D eigenvalue weighted by Crippen LogP contribution is 2.26. The van der Waals surface area contributed by atoms with Crippen LogP contribution in [0, 0.1) is 5.92 Å². The molecule has 1 heterocycles. The maximum absolute atomic E-state index is 12.9. The van der Waals surface area contributed by atoms with Gasteiger partial charge in [0.2, 0.25) is 0 Å². The Kier molecular flexibility index (Phi) is 9.11. The molecule has 3 rings (SSSR count). The molecule has 2 aromatic carbocycles. The van der Waals surface area contributed by atoms with Crippen molar-refractivity contribution in [1.82, 2.24) is 20.1 Å². The number of hydrogen-bond donors (Lipinski definition) is 1. The fraction of sp³-hybridized carbons (Fsp3) is 0.333.